The Morgan fingerprint density at radius 1 is 1.25 bits per heavy atom. The summed E-state index contributed by atoms with van der Waals surface area (Å²) in [7, 11) is 0. The fraction of sp³-hybridized carbons (Fsp3) is 0.375. The molecule has 124 valence electrons. The summed E-state index contributed by atoms with van der Waals surface area (Å²) in [5, 5.41) is 11.6. The third kappa shape index (κ3) is 2.99. The fourth-order valence-electron chi connectivity index (χ4n) is 3.02. The van der Waals surface area contributed by atoms with Gasteiger partial charge in [0.1, 0.15) is 0 Å². The Kier molecular flexibility index (Phi) is 3.93. The standard InChI is InChI=1S/C16H17ClN6O/c1-10-4-3-7-23(9-10)16-15(18-12-6-2-5-11(17)8-12)19-13-14(20-16)22-24-21-13/h2,5-6,8,10H,3-4,7,9H2,1H3,(H,18,19,21). The third-order valence-electron chi connectivity index (χ3n) is 4.14. The van der Waals surface area contributed by atoms with Crippen molar-refractivity contribution in [2.24, 2.45) is 5.92 Å². The molecule has 1 aliphatic heterocycles. The fourth-order valence-corrected chi connectivity index (χ4v) is 3.21. The van der Waals surface area contributed by atoms with Crippen molar-refractivity contribution in [3.05, 3.63) is 29.3 Å². The summed E-state index contributed by atoms with van der Waals surface area (Å²) in [6.07, 6.45) is 2.36. The van der Waals surface area contributed by atoms with E-state index in [9.17, 15) is 0 Å². The maximum atomic E-state index is 6.07. The number of aromatic nitrogens is 4. The quantitative estimate of drug-likeness (QED) is 0.776. The van der Waals surface area contributed by atoms with Gasteiger partial charge in [-0.25, -0.2) is 14.6 Å². The van der Waals surface area contributed by atoms with Crippen LogP contribution in [-0.4, -0.2) is 33.4 Å². The Morgan fingerprint density at radius 2 is 2.08 bits per heavy atom. The number of halogens is 1. The van der Waals surface area contributed by atoms with Crippen LogP contribution in [0.5, 0.6) is 0 Å². The van der Waals surface area contributed by atoms with E-state index >= 15 is 0 Å². The van der Waals surface area contributed by atoms with Gasteiger partial charge in [-0.1, -0.05) is 24.6 Å². The zero-order valence-corrected chi connectivity index (χ0v) is 14.0. The Bertz CT molecular complexity index is 867. The molecular formula is C16H17ClN6O. The summed E-state index contributed by atoms with van der Waals surface area (Å²) in [5.41, 5.74) is 1.65. The molecule has 1 atom stereocenters. The molecule has 0 spiro atoms. The zero-order chi connectivity index (χ0) is 16.5. The first-order chi connectivity index (χ1) is 11.7. The lowest BCUT2D eigenvalue weighted by molar-refractivity contribution is 0.314. The Hall–Kier alpha value is -2.41. The van der Waals surface area contributed by atoms with Crippen molar-refractivity contribution in [3.8, 4) is 0 Å². The first-order valence-corrected chi connectivity index (χ1v) is 8.35. The lowest BCUT2D eigenvalue weighted by atomic mass is 10.0. The van der Waals surface area contributed by atoms with Gasteiger partial charge >= 0.3 is 0 Å². The van der Waals surface area contributed by atoms with E-state index in [4.69, 9.17) is 16.2 Å². The number of hydrogen-bond donors (Lipinski definition) is 1. The van der Waals surface area contributed by atoms with Gasteiger partial charge in [0.25, 0.3) is 0 Å². The van der Waals surface area contributed by atoms with Crippen LogP contribution in [0.25, 0.3) is 11.3 Å². The van der Waals surface area contributed by atoms with Crippen LogP contribution in [0.15, 0.2) is 28.9 Å². The number of nitrogens with one attached hydrogen (secondary N) is 1. The molecule has 0 aliphatic carbocycles. The molecule has 0 bridgehead atoms. The van der Waals surface area contributed by atoms with E-state index in [2.05, 4.69) is 37.4 Å². The van der Waals surface area contributed by atoms with Crippen molar-refractivity contribution in [2.75, 3.05) is 23.3 Å². The molecular weight excluding hydrogens is 328 g/mol. The molecule has 1 aliphatic rings. The highest BCUT2D eigenvalue weighted by Gasteiger charge is 2.23. The lowest BCUT2D eigenvalue weighted by Gasteiger charge is -2.32. The van der Waals surface area contributed by atoms with Gasteiger partial charge in [0.05, 0.1) is 0 Å². The first-order valence-electron chi connectivity index (χ1n) is 7.97. The summed E-state index contributed by atoms with van der Waals surface area (Å²) in [4.78, 5) is 11.4. The van der Waals surface area contributed by atoms with Crippen molar-refractivity contribution in [3.63, 3.8) is 0 Å². The molecule has 1 N–H and O–H groups in total. The molecule has 1 fully saturated rings. The van der Waals surface area contributed by atoms with Crippen LogP contribution >= 0.6 is 11.6 Å². The second-order valence-electron chi connectivity index (χ2n) is 6.14. The van der Waals surface area contributed by atoms with E-state index in [0.717, 1.165) is 31.0 Å². The Labute approximate surface area is 144 Å². The predicted octanol–water partition coefficient (Wildman–Crippen LogP) is 3.65. The van der Waals surface area contributed by atoms with E-state index in [1.54, 1.807) is 0 Å². The van der Waals surface area contributed by atoms with Gasteiger partial charge in [-0.15, -0.1) is 0 Å². The van der Waals surface area contributed by atoms with Crippen molar-refractivity contribution < 1.29 is 4.63 Å². The smallest absolute Gasteiger partial charge is 0.245 e. The number of piperidine rings is 1. The summed E-state index contributed by atoms with van der Waals surface area (Å²) in [6.45, 7) is 4.13. The first kappa shape index (κ1) is 15.1. The van der Waals surface area contributed by atoms with Gasteiger partial charge in [0.15, 0.2) is 11.6 Å². The molecule has 0 radical (unpaired) electrons. The molecule has 7 nitrogen and oxygen atoms in total. The van der Waals surface area contributed by atoms with Crippen LogP contribution in [-0.2, 0) is 0 Å². The Balaban J connectivity index is 1.75. The number of hydrogen-bond acceptors (Lipinski definition) is 7. The predicted molar refractivity (Wildman–Crippen MR) is 92.7 cm³/mol. The monoisotopic (exact) mass is 344 g/mol. The van der Waals surface area contributed by atoms with E-state index < -0.39 is 0 Å². The van der Waals surface area contributed by atoms with Gasteiger partial charge in [-0.2, -0.15) is 0 Å². The molecule has 0 amide bonds. The highest BCUT2D eigenvalue weighted by Crippen LogP contribution is 2.30. The van der Waals surface area contributed by atoms with Gasteiger partial charge < -0.3 is 10.2 Å². The largest absolute Gasteiger partial charge is 0.353 e. The summed E-state index contributed by atoms with van der Waals surface area (Å²) >= 11 is 6.07. The normalized spacial score (nSPS) is 18.1. The summed E-state index contributed by atoms with van der Waals surface area (Å²) in [5.74, 6) is 2.02. The average Bonchev–Trinajstić information content (AvgIpc) is 3.01. The van der Waals surface area contributed by atoms with Gasteiger partial charge in [0.2, 0.25) is 11.3 Å². The van der Waals surface area contributed by atoms with E-state index in [1.165, 1.54) is 6.42 Å². The highest BCUT2D eigenvalue weighted by molar-refractivity contribution is 6.30. The number of fused-ring (bicyclic) bond motifs is 1. The minimum atomic E-state index is 0.383. The molecule has 3 heterocycles. The molecule has 1 aromatic carbocycles. The van der Waals surface area contributed by atoms with E-state index in [-0.39, 0.29) is 0 Å². The van der Waals surface area contributed by atoms with Crippen LogP contribution in [0.4, 0.5) is 17.3 Å². The highest BCUT2D eigenvalue weighted by atomic mass is 35.5. The lowest BCUT2D eigenvalue weighted by Crippen LogP contribution is -2.35. The SMILES string of the molecule is CC1CCCN(c2nc3nonc3nc2Nc2cccc(Cl)c2)C1. The number of anilines is 3. The molecule has 8 heteroatoms. The van der Waals surface area contributed by atoms with E-state index in [1.807, 2.05) is 24.3 Å². The second-order valence-corrected chi connectivity index (χ2v) is 6.57. The molecule has 24 heavy (non-hydrogen) atoms. The molecule has 4 rings (SSSR count). The van der Waals surface area contributed by atoms with Gasteiger partial charge in [0, 0.05) is 23.8 Å². The van der Waals surface area contributed by atoms with Crippen LogP contribution in [0, 0.1) is 5.92 Å². The van der Waals surface area contributed by atoms with Gasteiger partial charge in [-0.05, 0) is 47.3 Å². The topological polar surface area (TPSA) is 80.0 Å². The third-order valence-corrected chi connectivity index (χ3v) is 4.37. The molecule has 3 aromatic rings. The number of nitrogens with zero attached hydrogens (tertiary/aromatic N) is 5. The molecule has 1 unspecified atom stereocenters. The van der Waals surface area contributed by atoms with Crippen molar-refractivity contribution in [1.29, 1.82) is 0 Å². The minimum Gasteiger partial charge on any atom is -0.353 e. The van der Waals surface area contributed by atoms with E-state index in [0.29, 0.717) is 28.1 Å². The average molecular weight is 345 g/mol. The zero-order valence-electron chi connectivity index (χ0n) is 13.2. The summed E-state index contributed by atoms with van der Waals surface area (Å²) < 4.78 is 4.76. The van der Waals surface area contributed by atoms with Gasteiger partial charge in [-0.3, -0.25) is 0 Å². The maximum Gasteiger partial charge on any atom is 0.245 e. The summed E-state index contributed by atoms with van der Waals surface area (Å²) in [6, 6.07) is 7.49. The molecule has 0 saturated carbocycles. The van der Waals surface area contributed by atoms with Crippen LogP contribution in [0.3, 0.4) is 0 Å². The van der Waals surface area contributed by atoms with Crippen molar-refractivity contribution >= 4 is 40.2 Å². The molecule has 1 saturated heterocycles. The minimum absolute atomic E-state index is 0.383. The maximum absolute atomic E-state index is 6.07. The van der Waals surface area contributed by atoms with Crippen molar-refractivity contribution in [1.82, 2.24) is 20.3 Å². The Morgan fingerprint density at radius 3 is 2.88 bits per heavy atom. The van der Waals surface area contributed by atoms with Crippen molar-refractivity contribution in [2.45, 2.75) is 19.8 Å². The van der Waals surface area contributed by atoms with Crippen LogP contribution < -0.4 is 10.2 Å². The number of benzene rings is 1. The van der Waals surface area contributed by atoms with Crippen LogP contribution in [0.2, 0.25) is 5.02 Å². The second kappa shape index (κ2) is 6.24. The molecule has 2 aromatic heterocycles. The van der Waals surface area contributed by atoms with Crippen LogP contribution in [0.1, 0.15) is 19.8 Å². The number of rotatable bonds is 3.